The van der Waals surface area contributed by atoms with Gasteiger partial charge >= 0.3 is 6.18 Å². The Hall–Kier alpha value is -2.96. The van der Waals surface area contributed by atoms with E-state index in [9.17, 15) is 13.2 Å². The topological polar surface area (TPSA) is 43.6 Å². The first kappa shape index (κ1) is 17.8. The maximum Gasteiger partial charge on any atom is 0.408 e. The molecule has 3 rings (SSSR count). The second kappa shape index (κ2) is 7.51. The van der Waals surface area contributed by atoms with E-state index in [1.807, 2.05) is 18.2 Å². The summed E-state index contributed by atoms with van der Waals surface area (Å²) in [5.74, 6) is 0. The highest BCUT2D eigenvalue weighted by Crippen LogP contribution is 2.26. The smallest absolute Gasteiger partial charge is 0.257 e. The Morgan fingerprint density at radius 1 is 0.962 bits per heavy atom. The Kier molecular flexibility index (Phi) is 5.16. The van der Waals surface area contributed by atoms with Gasteiger partial charge in [-0.05, 0) is 48.2 Å². The van der Waals surface area contributed by atoms with Crippen LogP contribution in [0.5, 0.6) is 0 Å². The van der Waals surface area contributed by atoms with Crippen molar-refractivity contribution < 1.29 is 13.2 Å². The van der Waals surface area contributed by atoms with E-state index in [0.29, 0.717) is 24.2 Å². The predicted octanol–water partition coefficient (Wildman–Crippen LogP) is 4.33. The summed E-state index contributed by atoms with van der Waals surface area (Å²) >= 11 is 0. The van der Waals surface area contributed by atoms with Gasteiger partial charge in [0.15, 0.2) is 0 Å². The van der Waals surface area contributed by atoms with Gasteiger partial charge < -0.3 is 0 Å². The zero-order valence-electron chi connectivity index (χ0n) is 13.9. The van der Waals surface area contributed by atoms with Crippen molar-refractivity contribution in [2.75, 3.05) is 0 Å². The number of pyridine rings is 2. The van der Waals surface area contributed by atoms with Gasteiger partial charge in [-0.2, -0.15) is 18.3 Å². The Morgan fingerprint density at radius 2 is 1.65 bits per heavy atom. The van der Waals surface area contributed by atoms with Gasteiger partial charge in [-0.25, -0.2) is 0 Å². The van der Waals surface area contributed by atoms with Crippen LogP contribution in [-0.2, 0) is 19.4 Å². The van der Waals surface area contributed by atoms with Crippen molar-refractivity contribution in [3.63, 3.8) is 0 Å². The van der Waals surface area contributed by atoms with Crippen molar-refractivity contribution in [1.82, 2.24) is 19.7 Å². The monoisotopic (exact) mass is 358 g/mol. The summed E-state index contributed by atoms with van der Waals surface area (Å²) in [4.78, 5) is 8.57. The van der Waals surface area contributed by atoms with E-state index < -0.39 is 12.7 Å². The number of alkyl halides is 3. The molecular weight excluding hydrogens is 341 g/mol. The highest BCUT2D eigenvalue weighted by molar-refractivity contribution is 5.59. The first-order chi connectivity index (χ1) is 12.5. The van der Waals surface area contributed by atoms with Crippen molar-refractivity contribution in [2.24, 2.45) is 0 Å². The fraction of sp³-hybridized carbons (Fsp3) is 0.211. The maximum atomic E-state index is 12.8. The van der Waals surface area contributed by atoms with E-state index in [1.54, 1.807) is 30.6 Å². The quantitative estimate of drug-likeness (QED) is 0.659. The highest BCUT2D eigenvalue weighted by atomic mass is 19.4. The molecule has 0 aliphatic rings. The summed E-state index contributed by atoms with van der Waals surface area (Å²) in [5, 5.41) is 3.80. The molecule has 7 heteroatoms. The first-order valence-electron chi connectivity index (χ1n) is 8.07. The third-order valence-corrected chi connectivity index (χ3v) is 3.96. The highest BCUT2D eigenvalue weighted by Gasteiger charge is 2.30. The lowest BCUT2D eigenvalue weighted by atomic mass is 10.0. The van der Waals surface area contributed by atoms with Crippen LogP contribution in [0.3, 0.4) is 0 Å². The summed E-state index contributed by atoms with van der Waals surface area (Å²) in [5.41, 5.74) is 3.56. The van der Waals surface area contributed by atoms with Gasteiger partial charge in [0.1, 0.15) is 6.54 Å². The largest absolute Gasteiger partial charge is 0.408 e. The molecule has 3 aromatic rings. The van der Waals surface area contributed by atoms with Crippen molar-refractivity contribution in [1.29, 1.82) is 0 Å². The Bertz CT molecular complexity index is 900. The third kappa shape index (κ3) is 4.17. The van der Waals surface area contributed by atoms with Gasteiger partial charge in [0, 0.05) is 18.6 Å². The summed E-state index contributed by atoms with van der Waals surface area (Å²) < 4.78 is 39.2. The summed E-state index contributed by atoms with van der Waals surface area (Å²) in [6.45, 7) is 2.61. The van der Waals surface area contributed by atoms with Gasteiger partial charge in [0.05, 0.1) is 17.1 Å². The number of rotatable bonds is 6. The Balaban J connectivity index is 1.88. The molecule has 0 amide bonds. The maximum absolute atomic E-state index is 12.8. The van der Waals surface area contributed by atoms with E-state index in [1.165, 1.54) is 6.20 Å². The molecule has 0 radical (unpaired) electrons. The van der Waals surface area contributed by atoms with E-state index in [-0.39, 0.29) is 0 Å². The fourth-order valence-electron chi connectivity index (χ4n) is 2.82. The van der Waals surface area contributed by atoms with Crippen LogP contribution in [0.15, 0.2) is 55.5 Å². The number of hydrogen-bond acceptors (Lipinski definition) is 3. The molecule has 3 heterocycles. The van der Waals surface area contributed by atoms with E-state index in [4.69, 9.17) is 0 Å². The molecule has 26 heavy (non-hydrogen) atoms. The van der Waals surface area contributed by atoms with Gasteiger partial charge in [-0.1, -0.05) is 18.7 Å². The number of halogens is 3. The Morgan fingerprint density at radius 3 is 2.38 bits per heavy atom. The lowest BCUT2D eigenvalue weighted by Crippen LogP contribution is -2.19. The summed E-state index contributed by atoms with van der Waals surface area (Å²) in [6.07, 6.45) is 3.28. The predicted molar refractivity (Wildman–Crippen MR) is 93.2 cm³/mol. The minimum absolute atomic E-state index is 0.355. The lowest BCUT2D eigenvalue weighted by Gasteiger charge is -2.13. The molecule has 3 aromatic heterocycles. The van der Waals surface area contributed by atoms with Gasteiger partial charge in [0.25, 0.3) is 0 Å². The van der Waals surface area contributed by atoms with Crippen molar-refractivity contribution >= 4 is 6.08 Å². The second-order valence-corrected chi connectivity index (χ2v) is 5.75. The van der Waals surface area contributed by atoms with E-state index in [2.05, 4.69) is 21.6 Å². The molecule has 0 bridgehead atoms. The van der Waals surface area contributed by atoms with Crippen LogP contribution in [0, 0.1) is 0 Å². The van der Waals surface area contributed by atoms with Gasteiger partial charge in [-0.15, -0.1) is 0 Å². The number of aryl methyl sites for hydroxylation is 2. The molecule has 0 saturated carbocycles. The van der Waals surface area contributed by atoms with Crippen molar-refractivity contribution in [2.45, 2.75) is 25.6 Å². The zero-order chi connectivity index (χ0) is 18.6. The van der Waals surface area contributed by atoms with Crippen LogP contribution >= 0.6 is 0 Å². The SMILES string of the molecule is C=Cc1ncccc1CCc1cccnc1-c1ccnn1CC(F)(F)F. The average molecular weight is 358 g/mol. The van der Waals surface area contributed by atoms with E-state index in [0.717, 1.165) is 21.5 Å². The molecule has 0 fully saturated rings. The third-order valence-electron chi connectivity index (χ3n) is 3.96. The lowest BCUT2D eigenvalue weighted by molar-refractivity contribution is -0.142. The molecular formula is C19H17F3N4. The second-order valence-electron chi connectivity index (χ2n) is 5.75. The van der Waals surface area contributed by atoms with E-state index >= 15 is 0 Å². The molecule has 4 nitrogen and oxygen atoms in total. The fourth-order valence-corrected chi connectivity index (χ4v) is 2.82. The molecule has 0 aliphatic heterocycles. The van der Waals surface area contributed by atoms with Crippen molar-refractivity contribution in [3.8, 4) is 11.4 Å². The number of nitrogens with zero attached hydrogens (tertiary/aromatic N) is 4. The molecule has 0 unspecified atom stereocenters. The zero-order valence-corrected chi connectivity index (χ0v) is 13.9. The molecule has 0 atom stereocenters. The minimum Gasteiger partial charge on any atom is -0.257 e. The van der Waals surface area contributed by atoms with Crippen LogP contribution in [-0.4, -0.2) is 25.9 Å². The van der Waals surface area contributed by atoms with Gasteiger partial charge in [-0.3, -0.25) is 14.6 Å². The van der Waals surface area contributed by atoms with Crippen molar-refractivity contribution in [3.05, 3.63) is 72.3 Å². The first-order valence-corrected chi connectivity index (χ1v) is 8.07. The summed E-state index contributed by atoms with van der Waals surface area (Å²) in [7, 11) is 0. The molecule has 0 spiro atoms. The van der Waals surface area contributed by atoms with Crippen LogP contribution in [0.4, 0.5) is 13.2 Å². The Labute approximate surface area is 149 Å². The van der Waals surface area contributed by atoms with Crippen LogP contribution in [0.25, 0.3) is 17.5 Å². The van der Waals surface area contributed by atoms with Crippen LogP contribution in [0.1, 0.15) is 16.8 Å². The molecule has 0 aromatic carbocycles. The summed E-state index contributed by atoms with van der Waals surface area (Å²) in [6, 6.07) is 9.02. The number of hydrogen-bond donors (Lipinski definition) is 0. The number of aromatic nitrogens is 4. The molecule has 0 aliphatic carbocycles. The standard InChI is InChI=1S/C19H17F3N4/c1-2-16-14(5-3-10-23-16)7-8-15-6-4-11-24-18(15)17-9-12-25-26(17)13-19(20,21)22/h2-6,9-12H,1,7-8,13H2. The molecule has 0 N–H and O–H groups in total. The minimum atomic E-state index is -4.34. The molecule has 134 valence electrons. The normalized spacial score (nSPS) is 11.5. The average Bonchev–Trinajstić information content (AvgIpc) is 3.06. The van der Waals surface area contributed by atoms with Gasteiger partial charge in [0.2, 0.25) is 0 Å². The van der Waals surface area contributed by atoms with Crippen LogP contribution < -0.4 is 0 Å². The van der Waals surface area contributed by atoms with Crippen LogP contribution in [0.2, 0.25) is 0 Å². The molecule has 0 saturated heterocycles.